The molecule has 5 rings (SSSR count). The van der Waals surface area contributed by atoms with E-state index in [1.54, 1.807) is 0 Å². The van der Waals surface area contributed by atoms with Crippen molar-refractivity contribution < 1.29 is 9.53 Å². The molecule has 1 aliphatic heterocycles. The molecule has 2 nitrogen and oxygen atoms in total. The fraction of sp³-hybridized carbons (Fsp3) is 0.538. The maximum Gasteiger partial charge on any atom is 0.258 e. The molecule has 1 saturated heterocycles. The Morgan fingerprint density at radius 1 is 0.828 bits per heavy atom. The Balaban J connectivity index is 1.35. The van der Waals surface area contributed by atoms with Gasteiger partial charge < -0.3 is 9.53 Å². The van der Waals surface area contributed by atoms with Crippen molar-refractivity contribution in [2.24, 2.45) is 17.8 Å². The Morgan fingerprint density at radius 2 is 1.31 bits per heavy atom. The molecule has 0 bridgehead atoms. The lowest BCUT2D eigenvalue weighted by Crippen LogP contribution is -2.65. The molecule has 0 spiro atoms. The normalized spacial score (nSPS) is 31.2. The second kappa shape index (κ2) is 7.37. The van der Waals surface area contributed by atoms with Gasteiger partial charge in [-0.05, 0) is 71.7 Å². The van der Waals surface area contributed by atoms with Crippen molar-refractivity contribution in [1.82, 2.24) is 0 Å². The van der Waals surface area contributed by atoms with E-state index in [0.717, 1.165) is 34.5 Å². The third-order valence-corrected chi connectivity index (χ3v) is 12.8. The van der Waals surface area contributed by atoms with E-state index in [4.69, 9.17) is 4.74 Å². The smallest absolute Gasteiger partial charge is 0.258 e. The molecular formula is C26H34O2Si. The van der Waals surface area contributed by atoms with Crippen molar-refractivity contribution in [3.63, 3.8) is 0 Å². The van der Waals surface area contributed by atoms with Crippen LogP contribution < -0.4 is 10.4 Å². The Hall–Kier alpha value is -1.42. The van der Waals surface area contributed by atoms with E-state index in [1.807, 2.05) is 12.1 Å². The molecule has 2 aromatic carbocycles. The maximum atomic E-state index is 12.3. The second-order valence-corrected chi connectivity index (χ2v) is 14.2. The van der Waals surface area contributed by atoms with Crippen LogP contribution in [0.1, 0.15) is 52.4 Å². The van der Waals surface area contributed by atoms with Crippen LogP contribution in [0, 0.1) is 17.8 Å². The van der Waals surface area contributed by atoms with Gasteiger partial charge >= 0.3 is 0 Å². The van der Waals surface area contributed by atoms with E-state index in [9.17, 15) is 4.80 Å². The van der Waals surface area contributed by atoms with E-state index < -0.39 is 8.32 Å². The van der Waals surface area contributed by atoms with Gasteiger partial charge in [0.2, 0.25) is 0 Å². The lowest BCUT2D eigenvalue weighted by atomic mass is 10.0. The topological polar surface area (TPSA) is 32.8 Å². The maximum absolute atomic E-state index is 12.3. The van der Waals surface area contributed by atoms with E-state index >= 15 is 0 Å². The van der Waals surface area contributed by atoms with E-state index in [1.165, 1.54) is 32.1 Å². The predicted molar refractivity (Wildman–Crippen MR) is 121 cm³/mol. The van der Waals surface area contributed by atoms with Crippen molar-refractivity contribution >= 4 is 18.7 Å². The fourth-order valence-corrected chi connectivity index (χ4v) is 9.98. The van der Waals surface area contributed by atoms with Crippen LogP contribution in [0.25, 0.3) is 0 Å². The van der Waals surface area contributed by atoms with Crippen molar-refractivity contribution in [1.29, 1.82) is 0 Å². The van der Waals surface area contributed by atoms with Crippen LogP contribution in [-0.4, -0.2) is 25.3 Å². The standard InChI is InChI=1S/C26H34O2Si/c1-26(2,18-17-23-21-13-15-24-25(28-24)16-14-22(21)23)29(27,19-9-5-3-6-10-19)20-11-7-4-8-12-20/h3-12,21-25,27H,13-18H2,1-2H3/t21-,22+,23?,24+,25-. The minimum Gasteiger partial charge on any atom is -0.424 e. The molecule has 3 heteroatoms. The molecule has 2 aromatic rings. The molecule has 2 saturated carbocycles. The summed E-state index contributed by atoms with van der Waals surface area (Å²) in [6.07, 6.45) is 8.79. The Morgan fingerprint density at radius 3 is 1.79 bits per heavy atom. The van der Waals surface area contributed by atoms with Gasteiger partial charge in [0.15, 0.2) is 0 Å². The van der Waals surface area contributed by atoms with Crippen LogP contribution in [-0.2, 0) is 4.74 Å². The van der Waals surface area contributed by atoms with Crippen LogP contribution in [0.4, 0.5) is 0 Å². The number of hydrogen-bond donors (Lipinski definition) is 1. The van der Waals surface area contributed by atoms with Gasteiger partial charge in [-0.3, -0.25) is 0 Å². The van der Waals surface area contributed by atoms with Gasteiger partial charge in [0.05, 0.1) is 12.2 Å². The van der Waals surface area contributed by atoms with Crippen LogP contribution in [0.15, 0.2) is 60.7 Å². The molecule has 2 aliphatic carbocycles. The molecule has 0 radical (unpaired) electrons. The summed E-state index contributed by atoms with van der Waals surface area (Å²) in [4.78, 5) is 12.3. The Bertz CT molecular complexity index is 777. The molecule has 154 valence electrons. The number of benzene rings is 2. The molecule has 1 heterocycles. The first-order valence-corrected chi connectivity index (χ1v) is 13.4. The largest absolute Gasteiger partial charge is 0.424 e. The highest BCUT2D eigenvalue weighted by Gasteiger charge is 2.55. The molecule has 3 aliphatic rings. The number of fused-ring (bicyclic) bond motifs is 2. The zero-order valence-electron chi connectivity index (χ0n) is 17.8. The van der Waals surface area contributed by atoms with Gasteiger partial charge in [-0.1, -0.05) is 74.5 Å². The highest BCUT2D eigenvalue weighted by atomic mass is 28.4. The van der Waals surface area contributed by atoms with Gasteiger partial charge in [-0.2, -0.15) is 0 Å². The quantitative estimate of drug-likeness (QED) is 0.566. The summed E-state index contributed by atoms with van der Waals surface area (Å²) < 4.78 is 5.77. The minimum atomic E-state index is -2.86. The highest BCUT2D eigenvalue weighted by Crippen LogP contribution is 2.59. The summed E-state index contributed by atoms with van der Waals surface area (Å²) in [7, 11) is -2.86. The zero-order chi connectivity index (χ0) is 20.1. The number of ether oxygens (including phenoxy) is 1. The number of rotatable bonds is 6. The lowest BCUT2D eigenvalue weighted by molar-refractivity contribution is 0.349. The molecule has 3 fully saturated rings. The fourth-order valence-electron chi connectivity index (χ4n) is 6.22. The molecular weight excluding hydrogens is 372 g/mol. The van der Waals surface area contributed by atoms with Gasteiger partial charge in [-0.15, -0.1) is 0 Å². The molecule has 5 atom stereocenters. The van der Waals surface area contributed by atoms with Crippen molar-refractivity contribution in [3.8, 4) is 0 Å². The van der Waals surface area contributed by atoms with Crippen LogP contribution >= 0.6 is 0 Å². The zero-order valence-corrected chi connectivity index (χ0v) is 18.8. The van der Waals surface area contributed by atoms with Gasteiger partial charge in [-0.25, -0.2) is 0 Å². The van der Waals surface area contributed by atoms with Crippen LogP contribution in [0.2, 0.25) is 5.04 Å². The third kappa shape index (κ3) is 3.52. The summed E-state index contributed by atoms with van der Waals surface area (Å²) in [5, 5.41) is 2.16. The molecule has 0 aromatic heterocycles. The second-order valence-electron chi connectivity index (χ2n) is 10.2. The SMILES string of the molecule is CC(C)(CCC1[C@H]2CC[C@H]3O[C@H]3CC[C@@H]12)[Si](O)(c1ccccc1)c1ccccc1. The summed E-state index contributed by atoms with van der Waals surface area (Å²) in [5.74, 6) is 2.70. The Labute approximate surface area is 176 Å². The first-order valence-electron chi connectivity index (χ1n) is 11.5. The van der Waals surface area contributed by atoms with Crippen LogP contribution in [0.3, 0.4) is 0 Å². The van der Waals surface area contributed by atoms with Crippen molar-refractivity contribution in [2.75, 3.05) is 0 Å². The summed E-state index contributed by atoms with van der Waals surface area (Å²) in [5.41, 5.74) is 0. The number of epoxide rings is 1. The molecule has 1 unspecified atom stereocenters. The van der Waals surface area contributed by atoms with E-state index in [-0.39, 0.29) is 5.04 Å². The van der Waals surface area contributed by atoms with Crippen LogP contribution in [0.5, 0.6) is 0 Å². The summed E-state index contributed by atoms with van der Waals surface area (Å²) in [6.45, 7) is 4.62. The summed E-state index contributed by atoms with van der Waals surface area (Å²) in [6, 6.07) is 20.9. The highest BCUT2D eigenvalue weighted by molar-refractivity contribution is 6.98. The number of hydrogen-bond acceptors (Lipinski definition) is 2. The van der Waals surface area contributed by atoms with Gasteiger partial charge in [0, 0.05) is 0 Å². The van der Waals surface area contributed by atoms with Gasteiger partial charge in [0.1, 0.15) is 0 Å². The first-order chi connectivity index (χ1) is 14.0. The third-order valence-electron chi connectivity index (χ3n) is 8.23. The Kier molecular flexibility index (Phi) is 4.96. The average Bonchev–Trinajstić information content (AvgIpc) is 3.63. The van der Waals surface area contributed by atoms with Gasteiger partial charge in [0.25, 0.3) is 8.32 Å². The molecule has 29 heavy (non-hydrogen) atoms. The van der Waals surface area contributed by atoms with Crippen molar-refractivity contribution in [3.05, 3.63) is 60.7 Å². The van der Waals surface area contributed by atoms with E-state index in [2.05, 4.69) is 62.4 Å². The van der Waals surface area contributed by atoms with E-state index in [0.29, 0.717) is 12.2 Å². The first kappa shape index (κ1) is 19.5. The lowest BCUT2D eigenvalue weighted by Gasteiger charge is -2.41. The summed E-state index contributed by atoms with van der Waals surface area (Å²) >= 11 is 0. The minimum absolute atomic E-state index is 0.112. The van der Waals surface area contributed by atoms with Crippen molar-refractivity contribution in [2.45, 2.75) is 69.6 Å². The monoisotopic (exact) mass is 406 g/mol. The average molecular weight is 407 g/mol. The molecule has 1 N–H and O–H groups in total. The molecule has 0 amide bonds. The predicted octanol–water partition coefficient (Wildman–Crippen LogP) is 4.50.